The molecule has 126 valence electrons. The van der Waals surface area contributed by atoms with Crippen molar-refractivity contribution in [2.45, 2.75) is 13.8 Å². The molecule has 0 fully saturated rings. The maximum atomic E-state index is 5.51. The lowest BCUT2D eigenvalue weighted by molar-refractivity contribution is 0.416. The SMILES string of the molecule is CCNc1cccc2nc(Nc3c(C)cc(Br)cc3OC)n(C)c12. The summed E-state index contributed by atoms with van der Waals surface area (Å²) in [7, 11) is 3.68. The number of rotatable bonds is 5. The molecule has 2 N–H and O–H groups in total. The van der Waals surface area contributed by atoms with E-state index in [1.54, 1.807) is 7.11 Å². The van der Waals surface area contributed by atoms with Crippen molar-refractivity contribution in [1.82, 2.24) is 9.55 Å². The van der Waals surface area contributed by atoms with Gasteiger partial charge in [-0.3, -0.25) is 0 Å². The fourth-order valence-electron chi connectivity index (χ4n) is 2.86. The number of benzene rings is 2. The molecule has 0 spiro atoms. The Kier molecular flexibility index (Phi) is 4.66. The summed E-state index contributed by atoms with van der Waals surface area (Å²) < 4.78 is 8.57. The quantitative estimate of drug-likeness (QED) is 0.657. The Labute approximate surface area is 150 Å². The molecule has 6 heteroatoms. The van der Waals surface area contributed by atoms with Gasteiger partial charge in [0, 0.05) is 18.1 Å². The summed E-state index contributed by atoms with van der Waals surface area (Å²) in [6.07, 6.45) is 0. The first kappa shape index (κ1) is 16.6. The molecule has 3 aromatic rings. The van der Waals surface area contributed by atoms with Crippen LogP contribution in [-0.2, 0) is 7.05 Å². The first-order chi connectivity index (χ1) is 11.5. The third kappa shape index (κ3) is 2.94. The molecular formula is C18H21BrN4O. The smallest absolute Gasteiger partial charge is 0.208 e. The van der Waals surface area contributed by atoms with Gasteiger partial charge in [0.05, 0.1) is 29.5 Å². The molecule has 0 aliphatic rings. The molecule has 0 aliphatic carbocycles. The Hall–Kier alpha value is -2.21. The third-order valence-electron chi connectivity index (χ3n) is 3.98. The van der Waals surface area contributed by atoms with E-state index in [9.17, 15) is 0 Å². The molecule has 0 atom stereocenters. The maximum Gasteiger partial charge on any atom is 0.208 e. The van der Waals surface area contributed by atoms with E-state index < -0.39 is 0 Å². The highest BCUT2D eigenvalue weighted by Gasteiger charge is 2.15. The van der Waals surface area contributed by atoms with Gasteiger partial charge < -0.3 is 19.9 Å². The summed E-state index contributed by atoms with van der Waals surface area (Å²) in [6.45, 7) is 5.00. The largest absolute Gasteiger partial charge is 0.495 e. The van der Waals surface area contributed by atoms with E-state index in [1.165, 1.54) is 0 Å². The van der Waals surface area contributed by atoms with Crippen LogP contribution < -0.4 is 15.4 Å². The van der Waals surface area contributed by atoms with Gasteiger partial charge >= 0.3 is 0 Å². The van der Waals surface area contributed by atoms with E-state index in [0.717, 1.165) is 50.7 Å². The highest BCUT2D eigenvalue weighted by atomic mass is 79.9. The minimum atomic E-state index is 0.777. The van der Waals surface area contributed by atoms with Crippen molar-refractivity contribution in [2.24, 2.45) is 7.05 Å². The maximum absolute atomic E-state index is 5.51. The molecular weight excluding hydrogens is 368 g/mol. The summed E-state index contributed by atoms with van der Waals surface area (Å²) in [5.41, 5.74) is 5.12. The topological polar surface area (TPSA) is 51.1 Å². The average molecular weight is 389 g/mol. The molecule has 1 aromatic heterocycles. The lowest BCUT2D eigenvalue weighted by atomic mass is 10.2. The molecule has 0 saturated heterocycles. The standard InChI is InChI=1S/C18H21BrN4O/c1-5-20-13-7-6-8-14-17(13)23(3)18(21-14)22-16-11(2)9-12(19)10-15(16)24-4/h6-10,20H,5H2,1-4H3,(H,21,22). The number of imidazole rings is 1. The van der Waals surface area contributed by atoms with Crippen LogP contribution in [0, 0.1) is 6.92 Å². The van der Waals surface area contributed by atoms with Crippen molar-refractivity contribution in [1.29, 1.82) is 0 Å². The first-order valence-corrected chi connectivity index (χ1v) is 8.65. The predicted octanol–water partition coefficient (Wildman–Crippen LogP) is 4.83. The zero-order chi connectivity index (χ0) is 17.3. The second kappa shape index (κ2) is 6.73. The molecule has 5 nitrogen and oxygen atoms in total. The zero-order valence-corrected chi connectivity index (χ0v) is 15.9. The number of anilines is 3. The number of hydrogen-bond donors (Lipinski definition) is 2. The van der Waals surface area contributed by atoms with Crippen LogP contribution in [0.2, 0.25) is 0 Å². The lowest BCUT2D eigenvalue weighted by Gasteiger charge is -2.14. The van der Waals surface area contributed by atoms with Gasteiger partial charge in [-0.05, 0) is 43.7 Å². The predicted molar refractivity (Wildman–Crippen MR) is 104 cm³/mol. The van der Waals surface area contributed by atoms with Gasteiger partial charge in [-0.15, -0.1) is 0 Å². The minimum absolute atomic E-state index is 0.777. The van der Waals surface area contributed by atoms with Crippen LogP contribution in [0.3, 0.4) is 0 Å². The molecule has 0 aliphatic heterocycles. The summed E-state index contributed by atoms with van der Waals surface area (Å²) in [6, 6.07) is 10.1. The van der Waals surface area contributed by atoms with Crippen LogP contribution in [0.1, 0.15) is 12.5 Å². The monoisotopic (exact) mass is 388 g/mol. The van der Waals surface area contributed by atoms with Gasteiger partial charge in [-0.1, -0.05) is 22.0 Å². The van der Waals surface area contributed by atoms with E-state index in [-0.39, 0.29) is 0 Å². The van der Waals surface area contributed by atoms with E-state index in [2.05, 4.69) is 50.2 Å². The minimum Gasteiger partial charge on any atom is -0.495 e. The number of hydrogen-bond acceptors (Lipinski definition) is 4. The van der Waals surface area contributed by atoms with Crippen molar-refractivity contribution in [3.05, 3.63) is 40.4 Å². The molecule has 3 rings (SSSR count). The molecule has 0 unspecified atom stereocenters. The number of nitrogens with zero attached hydrogens (tertiary/aromatic N) is 2. The molecule has 24 heavy (non-hydrogen) atoms. The molecule has 0 radical (unpaired) electrons. The lowest BCUT2D eigenvalue weighted by Crippen LogP contribution is -2.04. The number of aromatic nitrogens is 2. The van der Waals surface area contributed by atoms with Crippen LogP contribution >= 0.6 is 15.9 Å². The second-order valence-electron chi connectivity index (χ2n) is 5.62. The van der Waals surface area contributed by atoms with Gasteiger partial charge in [0.2, 0.25) is 5.95 Å². The Morgan fingerprint density at radius 1 is 1.29 bits per heavy atom. The highest BCUT2D eigenvalue weighted by molar-refractivity contribution is 9.10. The molecule has 0 amide bonds. The number of nitrogens with one attached hydrogen (secondary N) is 2. The van der Waals surface area contributed by atoms with E-state index >= 15 is 0 Å². The summed E-state index contributed by atoms with van der Waals surface area (Å²) in [5, 5.41) is 6.81. The van der Waals surface area contributed by atoms with Gasteiger partial charge in [-0.25, -0.2) is 4.98 Å². The Morgan fingerprint density at radius 2 is 2.08 bits per heavy atom. The number of ether oxygens (including phenoxy) is 1. The normalized spacial score (nSPS) is 10.9. The van der Waals surface area contributed by atoms with Crippen molar-refractivity contribution in [3.63, 3.8) is 0 Å². The van der Waals surface area contributed by atoms with E-state index in [1.807, 2.05) is 32.2 Å². The van der Waals surface area contributed by atoms with Gasteiger partial charge in [0.1, 0.15) is 5.75 Å². The highest BCUT2D eigenvalue weighted by Crippen LogP contribution is 2.35. The molecule has 0 saturated carbocycles. The molecule has 2 aromatic carbocycles. The Morgan fingerprint density at radius 3 is 2.79 bits per heavy atom. The van der Waals surface area contributed by atoms with Gasteiger partial charge in [0.25, 0.3) is 0 Å². The number of methoxy groups -OCH3 is 1. The number of fused-ring (bicyclic) bond motifs is 1. The van der Waals surface area contributed by atoms with Crippen LogP contribution in [-0.4, -0.2) is 23.2 Å². The van der Waals surface area contributed by atoms with Crippen molar-refractivity contribution < 1.29 is 4.74 Å². The second-order valence-corrected chi connectivity index (χ2v) is 6.54. The first-order valence-electron chi connectivity index (χ1n) is 7.85. The Bertz CT molecular complexity index is 888. The van der Waals surface area contributed by atoms with E-state index in [0.29, 0.717) is 0 Å². The van der Waals surface area contributed by atoms with Crippen LogP contribution in [0.25, 0.3) is 11.0 Å². The Balaban J connectivity index is 2.09. The van der Waals surface area contributed by atoms with Crippen molar-refractivity contribution in [2.75, 3.05) is 24.3 Å². The number of aryl methyl sites for hydroxylation is 2. The summed E-state index contributed by atoms with van der Waals surface area (Å²) in [4.78, 5) is 4.73. The van der Waals surface area contributed by atoms with Crippen LogP contribution in [0.4, 0.5) is 17.3 Å². The van der Waals surface area contributed by atoms with Crippen molar-refractivity contribution >= 4 is 44.3 Å². The van der Waals surface area contributed by atoms with Crippen LogP contribution in [0.5, 0.6) is 5.75 Å². The fourth-order valence-corrected chi connectivity index (χ4v) is 3.41. The van der Waals surface area contributed by atoms with Gasteiger partial charge in [-0.2, -0.15) is 0 Å². The fraction of sp³-hybridized carbons (Fsp3) is 0.278. The summed E-state index contributed by atoms with van der Waals surface area (Å²) >= 11 is 3.51. The third-order valence-corrected chi connectivity index (χ3v) is 4.44. The number of halogens is 1. The van der Waals surface area contributed by atoms with Crippen molar-refractivity contribution in [3.8, 4) is 5.75 Å². The average Bonchev–Trinajstić information content (AvgIpc) is 2.87. The molecule has 0 bridgehead atoms. The van der Waals surface area contributed by atoms with Crippen LogP contribution in [0.15, 0.2) is 34.8 Å². The van der Waals surface area contributed by atoms with E-state index in [4.69, 9.17) is 9.72 Å². The zero-order valence-electron chi connectivity index (χ0n) is 14.3. The number of para-hydroxylation sites is 1. The van der Waals surface area contributed by atoms with Gasteiger partial charge in [0.15, 0.2) is 0 Å². The summed E-state index contributed by atoms with van der Waals surface area (Å²) in [5.74, 6) is 1.56. The molecule has 1 heterocycles.